The SMILES string of the molecule is O=c1ccnnn1SCc1cccc(Cl)c1. The molecule has 2 aromatic rings. The van der Waals surface area contributed by atoms with E-state index in [0.717, 1.165) is 5.56 Å². The van der Waals surface area contributed by atoms with Crippen LogP contribution in [0.4, 0.5) is 0 Å². The van der Waals surface area contributed by atoms with Gasteiger partial charge in [-0.3, -0.25) is 4.79 Å². The van der Waals surface area contributed by atoms with Crippen molar-refractivity contribution in [1.29, 1.82) is 0 Å². The maximum Gasteiger partial charge on any atom is 0.280 e. The molecule has 2 rings (SSSR count). The fourth-order valence-corrected chi connectivity index (χ4v) is 2.08. The molecular weight excluding hydrogens is 246 g/mol. The second kappa shape index (κ2) is 5.14. The van der Waals surface area contributed by atoms with Crippen LogP contribution in [0.3, 0.4) is 0 Å². The van der Waals surface area contributed by atoms with Gasteiger partial charge in [-0.05, 0) is 29.6 Å². The van der Waals surface area contributed by atoms with Gasteiger partial charge in [-0.15, -0.1) is 9.19 Å². The van der Waals surface area contributed by atoms with Crippen molar-refractivity contribution in [2.45, 2.75) is 5.75 Å². The zero-order valence-corrected chi connectivity index (χ0v) is 9.78. The van der Waals surface area contributed by atoms with E-state index in [4.69, 9.17) is 11.6 Å². The van der Waals surface area contributed by atoms with Gasteiger partial charge >= 0.3 is 0 Å². The predicted molar refractivity (Wildman–Crippen MR) is 64.4 cm³/mol. The van der Waals surface area contributed by atoms with Gasteiger partial charge in [-0.25, -0.2) is 0 Å². The highest BCUT2D eigenvalue weighted by atomic mass is 35.5. The number of rotatable bonds is 3. The molecule has 0 saturated heterocycles. The van der Waals surface area contributed by atoms with Gasteiger partial charge in [0.15, 0.2) is 0 Å². The summed E-state index contributed by atoms with van der Waals surface area (Å²) in [6, 6.07) is 8.86. The van der Waals surface area contributed by atoms with Gasteiger partial charge in [0.2, 0.25) is 0 Å². The fraction of sp³-hybridized carbons (Fsp3) is 0.100. The van der Waals surface area contributed by atoms with E-state index in [1.165, 1.54) is 28.3 Å². The van der Waals surface area contributed by atoms with Crippen LogP contribution < -0.4 is 5.56 Å². The van der Waals surface area contributed by atoms with E-state index in [1.807, 2.05) is 24.3 Å². The summed E-state index contributed by atoms with van der Waals surface area (Å²) in [5, 5.41) is 8.03. The quantitative estimate of drug-likeness (QED) is 0.839. The zero-order chi connectivity index (χ0) is 11.4. The third kappa shape index (κ3) is 2.84. The molecule has 1 aromatic heterocycles. The number of hydrogen-bond acceptors (Lipinski definition) is 4. The number of halogens is 1. The highest BCUT2D eigenvalue weighted by Gasteiger charge is 1.99. The standard InChI is InChI=1S/C10H8ClN3OS/c11-9-3-1-2-8(6-9)7-16-14-10(15)4-5-12-13-14/h1-6H,7H2. The Balaban J connectivity index is 2.08. The van der Waals surface area contributed by atoms with Crippen LogP contribution in [-0.2, 0) is 5.75 Å². The van der Waals surface area contributed by atoms with Crippen molar-refractivity contribution in [1.82, 2.24) is 14.4 Å². The van der Waals surface area contributed by atoms with Crippen LogP contribution in [-0.4, -0.2) is 14.4 Å². The fourth-order valence-electron chi connectivity index (χ4n) is 1.13. The van der Waals surface area contributed by atoms with Crippen molar-refractivity contribution in [2.24, 2.45) is 0 Å². The first-order valence-electron chi connectivity index (χ1n) is 4.54. The molecule has 0 radical (unpaired) electrons. The summed E-state index contributed by atoms with van der Waals surface area (Å²) in [5.41, 5.74) is 0.858. The summed E-state index contributed by atoms with van der Waals surface area (Å²) in [4.78, 5) is 11.3. The van der Waals surface area contributed by atoms with Crippen LogP contribution in [0, 0.1) is 0 Å². The molecule has 6 heteroatoms. The van der Waals surface area contributed by atoms with E-state index < -0.39 is 0 Å². The first kappa shape index (κ1) is 11.2. The summed E-state index contributed by atoms with van der Waals surface area (Å²) in [6.07, 6.45) is 1.37. The molecule has 0 amide bonds. The van der Waals surface area contributed by atoms with Crippen molar-refractivity contribution in [3.63, 3.8) is 0 Å². The molecule has 0 bridgehead atoms. The maximum absolute atomic E-state index is 11.3. The molecule has 0 aliphatic carbocycles. The largest absolute Gasteiger partial charge is 0.280 e. The molecule has 16 heavy (non-hydrogen) atoms. The van der Waals surface area contributed by atoms with E-state index in [0.29, 0.717) is 10.8 Å². The van der Waals surface area contributed by atoms with E-state index >= 15 is 0 Å². The number of hydrogen-bond donors (Lipinski definition) is 0. The van der Waals surface area contributed by atoms with E-state index in [9.17, 15) is 4.79 Å². The Morgan fingerprint density at radius 2 is 2.25 bits per heavy atom. The molecule has 82 valence electrons. The molecule has 0 aliphatic heterocycles. The van der Waals surface area contributed by atoms with Crippen molar-refractivity contribution < 1.29 is 0 Å². The number of benzene rings is 1. The molecule has 0 aliphatic rings. The van der Waals surface area contributed by atoms with Crippen molar-refractivity contribution in [3.8, 4) is 0 Å². The molecule has 0 fully saturated rings. The molecule has 1 aromatic carbocycles. The molecule has 0 saturated carbocycles. The summed E-state index contributed by atoms with van der Waals surface area (Å²) in [5.74, 6) is 0.624. The smallest absolute Gasteiger partial charge is 0.267 e. The Morgan fingerprint density at radius 3 is 3.00 bits per heavy atom. The van der Waals surface area contributed by atoms with Crippen molar-refractivity contribution in [2.75, 3.05) is 0 Å². The second-order valence-electron chi connectivity index (χ2n) is 3.04. The topological polar surface area (TPSA) is 47.8 Å². The molecule has 0 unspecified atom stereocenters. The Kier molecular flexibility index (Phi) is 3.58. The lowest BCUT2D eigenvalue weighted by Crippen LogP contribution is -2.17. The van der Waals surface area contributed by atoms with Crippen molar-refractivity contribution in [3.05, 3.63) is 57.5 Å². The Morgan fingerprint density at radius 1 is 1.38 bits per heavy atom. The predicted octanol–water partition coefficient (Wildman–Crippen LogP) is 1.99. The minimum absolute atomic E-state index is 0.179. The van der Waals surface area contributed by atoms with Gasteiger partial charge in [-0.2, -0.15) is 0 Å². The third-order valence-corrected chi connectivity index (χ3v) is 3.04. The second-order valence-corrected chi connectivity index (χ2v) is 4.36. The average molecular weight is 254 g/mol. The van der Waals surface area contributed by atoms with Gasteiger partial charge in [0.25, 0.3) is 5.56 Å². The molecule has 1 heterocycles. The van der Waals surface area contributed by atoms with E-state index in [1.54, 1.807) is 0 Å². The van der Waals surface area contributed by atoms with Crippen molar-refractivity contribution >= 4 is 23.5 Å². The minimum atomic E-state index is -0.179. The van der Waals surface area contributed by atoms with Crippen LogP contribution in [0.15, 0.2) is 41.3 Å². The van der Waals surface area contributed by atoms with Gasteiger partial charge in [0.1, 0.15) is 0 Å². The lowest BCUT2D eigenvalue weighted by Gasteiger charge is -2.02. The lowest BCUT2D eigenvalue weighted by molar-refractivity contribution is 0.792. The number of aromatic nitrogens is 3. The zero-order valence-electron chi connectivity index (χ0n) is 8.21. The summed E-state index contributed by atoms with van der Waals surface area (Å²) < 4.78 is 1.25. The van der Waals surface area contributed by atoms with Crippen LogP contribution in [0.2, 0.25) is 5.02 Å². The van der Waals surface area contributed by atoms with Crippen LogP contribution in [0.1, 0.15) is 5.56 Å². The average Bonchev–Trinajstić information content (AvgIpc) is 2.28. The minimum Gasteiger partial charge on any atom is -0.267 e. The lowest BCUT2D eigenvalue weighted by atomic mass is 10.2. The molecular formula is C10H8ClN3OS. The van der Waals surface area contributed by atoms with Gasteiger partial charge in [0, 0.05) is 16.8 Å². The van der Waals surface area contributed by atoms with Gasteiger partial charge in [0.05, 0.1) is 6.20 Å². The molecule has 0 spiro atoms. The van der Waals surface area contributed by atoms with Crippen LogP contribution >= 0.6 is 23.5 Å². The third-order valence-electron chi connectivity index (χ3n) is 1.85. The monoisotopic (exact) mass is 253 g/mol. The van der Waals surface area contributed by atoms with E-state index in [-0.39, 0.29) is 5.56 Å². The Bertz CT molecular complexity index is 543. The maximum atomic E-state index is 11.3. The van der Waals surface area contributed by atoms with Gasteiger partial charge in [-0.1, -0.05) is 28.9 Å². The Hall–Kier alpha value is -1.33. The molecule has 0 N–H and O–H groups in total. The summed E-state index contributed by atoms with van der Waals surface area (Å²) >= 11 is 7.13. The Labute approximate surface area is 101 Å². The molecule has 4 nitrogen and oxygen atoms in total. The summed E-state index contributed by atoms with van der Waals surface area (Å²) in [7, 11) is 0. The highest BCUT2D eigenvalue weighted by molar-refractivity contribution is 7.96. The normalized spacial score (nSPS) is 10.3. The van der Waals surface area contributed by atoms with Gasteiger partial charge < -0.3 is 0 Å². The van der Waals surface area contributed by atoms with Crippen LogP contribution in [0.5, 0.6) is 0 Å². The number of nitrogens with zero attached hydrogens (tertiary/aromatic N) is 3. The summed E-state index contributed by atoms with van der Waals surface area (Å²) in [6.45, 7) is 0. The molecule has 0 atom stereocenters. The first-order chi connectivity index (χ1) is 7.75. The van der Waals surface area contributed by atoms with Crippen LogP contribution in [0.25, 0.3) is 0 Å². The highest BCUT2D eigenvalue weighted by Crippen LogP contribution is 2.15. The van der Waals surface area contributed by atoms with E-state index in [2.05, 4.69) is 10.3 Å². The first-order valence-corrected chi connectivity index (χ1v) is 5.86.